The number of aryl methyl sites for hydroxylation is 1. The molecule has 2 rings (SSSR count). The van der Waals surface area contributed by atoms with E-state index in [1.165, 1.54) is 15.3 Å². The van der Waals surface area contributed by atoms with Crippen LogP contribution in [0, 0.1) is 12.8 Å². The largest absolute Gasteiger partial charge is 0.488 e. The summed E-state index contributed by atoms with van der Waals surface area (Å²) in [6, 6.07) is 12.5. The van der Waals surface area contributed by atoms with Crippen molar-refractivity contribution in [1.82, 2.24) is 5.32 Å². The fourth-order valence-corrected chi connectivity index (χ4v) is 2.85. The van der Waals surface area contributed by atoms with Crippen molar-refractivity contribution < 1.29 is 4.74 Å². The molecule has 0 fully saturated rings. The van der Waals surface area contributed by atoms with Crippen molar-refractivity contribution in [3.8, 4) is 5.75 Å². The lowest BCUT2D eigenvalue weighted by Crippen LogP contribution is -2.18. The molecule has 0 atom stereocenters. The quantitative estimate of drug-likeness (QED) is 0.816. The molecule has 0 spiro atoms. The van der Waals surface area contributed by atoms with Crippen molar-refractivity contribution in [2.75, 3.05) is 6.54 Å². The van der Waals surface area contributed by atoms with Crippen LogP contribution in [0.3, 0.4) is 0 Å². The first-order valence-corrected chi connectivity index (χ1v) is 7.93. The minimum atomic E-state index is 0.652. The zero-order chi connectivity index (χ0) is 14.4. The molecule has 0 amide bonds. The van der Waals surface area contributed by atoms with Gasteiger partial charge >= 0.3 is 0 Å². The van der Waals surface area contributed by atoms with Crippen molar-refractivity contribution in [2.24, 2.45) is 5.92 Å². The number of rotatable bonds is 7. The molecule has 2 nitrogen and oxygen atoms in total. The Morgan fingerprint density at radius 2 is 1.85 bits per heavy atom. The van der Waals surface area contributed by atoms with E-state index in [9.17, 15) is 0 Å². The molecule has 1 N–H and O–H groups in total. The zero-order valence-electron chi connectivity index (χ0n) is 12.5. The van der Waals surface area contributed by atoms with Crippen molar-refractivity contribution in [3.63, 3.8) is 0 Å². The van der Waals surface area contributed by atoms with Crippen LogP contribution in [0.4, 0.5) is 0 Å². The molecule has 0 bridgehead atoms. The normalized spacial score (nSPS) is 11.0. The molecule has 1 aromatic carbocycles. The second-order valence-electron chi connectivity index (χ2n) is 5.45. The van der Waals surface area contributed by atoms with Crippen LogP contribution in [0.5, 0.6) is 5.75 Å². The minimum Gasteiger partial charge on any atom is -0.488 e. The van der Waals surface area contributed by atoms with Gasteiger partial charge in [0.1, 0.15) is 12.4 Å². The second-order valence-corrected chi connectivity index (χ2v) is 6.70. The van der Waals surface area contributed by atoms with Gasteiger partial charge in [0.2, 0.25) is 0 Å². The van der Waals surface area contributed by atoms with Crippen molar-refractivity contribution >= 4 is 11.3 Å². The van der Waals surface area contributed by atoms with Crippen molar-refractivity contribution in [3.05, 3.63) is 51.7 Å². The van der Waals surface area contributed by atoms with Crippen LogP contribution in [0.15, 0.2) is 36.4 Å². The number of hydrogen-bond acceptors (Lipinski definition) is 3. The average molecular weight is 289 g/mol. The molecule has 0 aliphatic rings. The van der Waals surface area contributed by atoms with E-state index >= 15 is 0 Å². The SMILES string of the molecule is Cc1ccccc1OCc1ccc(CNCC(C)C)s1. The molecule has 0 saturated carbocycles. The maximum atomic E-state index is 5.87. The summed E-state index contributed by atoms with van der Waals surface area (Å²) in [4.78, 5) is 2.64. The summed E-state index contributed by atoms with van der Waals surface area (Å²) < 4.78 is 5.87. The van der Waals surface area contributed by atoms with Gasteiger partial charge in [0, 0.05) is 16.3 Å². The van der Waals surface area contributed by atoms with E-state index in [0.717, 1.165) is 18.8 Å². The Labute approximate surface area is 125 Å². The molecule has 3 heteroatoms. The molecular formula is C17H23NOS. The monoisotopic (exact) mass is 289 g/mol. The fourth-order valence-electron chi connectivity index (χ4n) is 1.95. The van der Waals surface area contributed by atoms with E-state index in [0.29, 0.717) is 12.5 Å². The van der Waals surface area contributed by atoms with E-state index in [2.05, 4.69) is 44.3 Å². The zero-order valence-corrected chi connectivity index (χ0v) is 13.3. The summed E-state index contributed by atoms with van der Waals surface area (Å²) in [6.07, 6.45) is 0. The van der Waals surface area contributed by atoms with Crippen molar-refractivity contribution in [2.45, 2.75) is 33.9 Å². The Morgan fingerprint density at radius 3 is 2.60 bits per heavy atom. The van der Waals surface area contributed by atoms with E-state index in [1.54, 1.807) is 0 Å². The van der Waals surface area contributed by atoms with Crippen LogP contribution >= 0.6 is 11.3 Å². The van der Waals surface area contributed by atoms with Gasteiger partial charge in [-0.3, -0.25) is 0 Å². The highest BCUT2D eigenvalue weighted by Gasteiger charge is 2.03. The molecule has 0 radical (unpaired) electrons. The lowest BCUT2D eigenvalue weighted by atomic mass is 10.2. The van der Waals surface area contributed by atoms with Gasteiger partial charge < -0.3 is 10.1 Å². The summed E-state index contributed by atoms with van der Waals surface area (Å²) in [5, 5.41) is 3.47. The lowest BCUT2D eigenvalue weighted by Gasteiger charge is -2.07. The third-order valence-electron chi connectivity index (χ3n) is 3.03. The van der Waals surface area contributed by atoms with Crippen LogP contribution in [0.25, 0.3) is 0 Å². The first-order chi connectivity index (χ1) is 9.65. The number of hydrogen-bond donors (Lipinski definition) is 1. The first-order valence-electron chi connectivity index (χ1n) is 7.12. The van der Waals surface area contributed by atoms with E-state index in [4.69, 9.17) is 4.74 Å². The molecule has 0 saturated heterocycles. The molecule has 0 unspecified atom stereocenters. The van der Waals surface area contributed by atoms with Gasteiger partial charge in [0.25, 0.3) is 0 Å². The molecular weight excluding hydrogens is 266 g/mol. The molecule has 1 aromatic heterocycles. The number of ether oxygens (including phenoxy) is 1. The van der Waals surface area contributed by atoms with Gasteiger partial charge in [-0.05, 0) is 43.1 Å². The van der Waals surface area contributed by atoms with Gasteiger partial charge in [-0.25, -0.2) is 0 Å². The summed E-state index contributed by atoms with van der Waals surface area (Å²) in [7, 11) is 0. The smallest absolute Gasteiger partial charge is 0.122 e. The van der Waals surface area contributed by atoms with Crippen molar-refractivity contribution in [1.29, 1.82) is 0 Å². The Balaban J connectivity index is 1.82. The molecule has 0 aliphatic heterocycles. The number of nitrogens with one attached hydrogen (secondary N) is 1. The molecule has 20 heavy (non-hydrogen) atoms. The highest BCUT2D eigenvalue weighted by molar-refractivity contribution is 7.11. The highest BCUT2D eigenvalue weighted by atomic mass is 32.1. The van der Waals surface area contributed by atoms with E-state index in [1.807, 2.05) is 29.5 Å². The third kappa shape index (κ3) is 4.66. The molecule has 108 valence electrons. The predicted octanol–water partition coefficient (Wildman–Crippen LogP) is 4.38. The number of benzene rings is 1. The lowest BCUT2D eigenvalue weighted by molar-refractivity contribution is 0.307. The van der Waals surface area contributed by atoms with Crippen LogP contribution in [0.2, 0.25) is 0 Å². The first kappa shape index (κ1) is 15.1. The summed E-state index contributed by atoms with van der Waals surface area (Å²) in [5.41, 5.74) is 1.18. The topological polar surface area (TPSA) is 21.3 Å². The summed E-state index contributed by atoms with van der Waals surface area (Å²) in [5.74, 6) is 1.67. The van der Waals surface area contributed by atoms with Gasteiger partial charge in [-0.1, -0.05) is 32.0 Å². The van der Waals surface area contributed by atoms with Gasteiger partial charge in [0.15, 0.2) is 0 Å². The van der Waals surface area contributed by atoms with Gasteiger partial charge in [-0.15, -0.1) is 11.3 Å². The Morgan fingerprint density at radius 1 is 1.10 bits per heavy atom. The minimum absolute atomic E-state index is 0.652. The van der Waals surface area contributed by atoms with Crippen LogP contribution in [0.1, 0.15) is 29.2 Å². The van der Waals surface area contributed by atoms with Crippen LogP contribution in [-0.4, -0.2) is 6.54 Å². The molecule has 0 aliphatic carbocycles. The van der Waals surface area contributed by atoms with Crippen LogP contribution < -0.4 is 10.1 Å². The third-order valence-corrected chi connectivity index (χ3v) is 4.09. The number of thiophene rings is 1. The summed E-state index contributed by atoms with van der Waals surface area (Å²) in [6.45, 7) is 9.19. The fraction of sp³-hybridized carbons (Fsp3) is 0.412. The summed E-state index contributed by atoms with van der Waals surface area (Å²) >= 11 is 1.82. The molecule has 2 aromatic rings. The maximum absolute atomic E-state index is 5.87. The van der Waals surface area contributed by atoms with Gasteiger partial charge in [0.05, 0.1) is 0 Å². The van der Waals surface area contributed by atoms with Crippen LogP contribution in [-0.2, 0) is 13.2 Å². The predicted molar refractivity (Wildman–Crippen MR) is 86.4 cm³/mol. The Hall–Kier alpha value is -1.32. The van der Waals surface area contributed by atoms with Gasteiger partial charge in [-0.2, -0.15) is 0 Å². The van der Waals surface area contributed by atoms with E-state index in [-0.39, 0.29) is 0 Å². The standard InChI is InChI=1S/C17H23NOS/c1-13(2)10-18-11-15-8-9-16(20-15)12-19-17-7-5-4-6-14(17)3/h4-9,13,18H,10-12H2,1-3H3. The number of para-hydroxylation sites is 1. The maximum Gasteiger partial charge on any atom is 0.122 e. The Bertz CT molecular complexity index is 533. The second kappa shape index (κ2) is 7.46. The Kier molecular flexibility index (Phi) is 5.62. The average Bonchev–Trinajstić information content (AvgIpc) is 2.85. The van der Waals surface area contributed by atoms with E-state index < -0.39 is 0 Å². The highest BCUT2D eigenvalue weighted by Crippen LogP contribution is 2.21. The molecule has 1 heterocycles.